The zero-order valence-corrected chi connectivity index (χ0v) is 18.2. The maximum absolute atomic E-state index is 13.2. The Kier molecular flexibility index (Phi) is 7.96. The van der Waals surface area contributed by atoms with Crippen LogP contribution < -0.4 is 15.0 Å². The van der Waals surface area contributed by atoms with E-state index < -0.39 is 6.04 Å². The number of piperazine rings is 1. The summed E-state index contributed by atoms with van der Waals surface area (Å²) in [4.78, 5) is 34.3. The summed E-state index contributed by atoms with van der Waals surface area (Å²) in [7, 11) is 1.58. The van der Waals surface area contributed by atoms with Crippen molar-refractivity contribution in [1.29, 1.82) is 0 Å². The number of hydrogen-bond donors (Lipinski definition) is 1. The molecule has 7 nitrogen and oxygen atoms in total. The van der Waals surface area contributed by atoms with Gasteiger partial charge in [0, 0.05) is 37.9 Å². The molecule has 1 saturated heterocycles. The van der Waals surface area contributed by atoms with Gasteiger partial charge in [0.25, 0.3) is 5.91 Å². The Bertz CT molecular complexity index is 824. The number of pyridine rings is 1. The quantitative estimate of drug-likeness (QED) is 0.695. The number of carbonyl (C=O) groups is 2. The third-order valence-corrected chi connectivity index (χ3v) is 5.77. The Hall–Kier alpha value is -2.74. The summed E-state index contributed by atoms with van der Waals surface area (Å²) < 4.78 is 5.14. The van der Waals surface area contributed by atoms with Crippen molar-refractivity contribution in [2.45, 2.75) is 12.5 Å². The van der Waals surface area contributed by atoms with Crippen LogP contribution in [0.1, 0.15) is 16.8 Å². The third kappa shape index (κ3) is 5.66. The lowest BCUT2D eigenvalue weighted by Gasteiger charge is -2.37. The van der Waals surface area contributed by atoms with Crippen LogP contribution in [-0.4, -0.2) is 73.0 Å². The summed E-state index contributed by atoms with van der Waals surface area (Å²) in [5.74, 6) is 2.15. The molecule has 1 fully saturated rings. The van der Waals surface area contributed by atoms with Gasteiger partial charge in [-0.2, -0.15) is 11.8 Å². The lowest BCUT2D eigenvalue weighted by atomic mass is 10.1. The number of methoxy groups -OCH3 is 1. The fourth-order valence-corrected chi connectivity index (χ4v) is 3.87. The van der Waals surface area contributed by atoms with E-state index in [1.165, 1.54) is 0 Å². The number of nitrogens with one attached hydrogen (secondary N) is 1. The molecule has 1 N–H and O–H groups in total. The van der Waals surface area contributed by atoms with Crippen LogP contribution in [0.2, 0.25) is 0 Å². The van der Waals surface area contributed by atoms with Crippen LogP contribution in [0.15, 0.2) is 48.7 Å². The molecule has 2 amide bonds. The maximum atomic E-state index is 13.2. The van der Waals surface area contributed by atoms with Crippen LogP contribution in [0.25, 0.3) is 0 Å². The molecule has 3 rings (SSSR count). The summed E-state index contributed by atoms with van der Waals surface area (Å²) in [5.41, 5.74) is 0.512. The summed E-state index contributed by atoms with van der Waals surface area (Å²) >= 11 is 1.66. The molecular weight excluding hydrogens is 400 g/mol. The van der Waals surface area contributed by atoms with Crippen molar-refractivity contribution in [2.24, 2.45) is 0 Å². The molecule has 1 aliphatic heterocycles. The van der Waals surface area contributed by atoms with Crippen molar-refractivity contribution in [3.8, 4) is 5.75 Å². The number of ether oxygens (including phenoxy) is 1. The van der Waals surface area contributed by atoms with Gasteiger partial charge < -0.3 is 19.9 Å². The van der Waals surface area contributed by atoms with E-state index in [9.17, 15) is 9.59 Å². The van der Waals surface area contributed by atoms with E-state index in [-0.39, 0.29) is 11.8 Å². The molecule has 1 atom stereocenters. The smallest absolute Gasteiger partial charge is 0.251 e. The van der Waals surface area contributed by atoms with E-state index in [0.717, 1.165) is 24.7 Å². The van der Waals surface area contributed by atoms with Gasteiger partial charge in [0.1, 0.15) is 17.6 Å². The molecule has 0 spiro atoms. The number of thioether (sulfide) groups is 1. The first-order valence-electron chi connectivity index (χ1n) is 10.0. The molecule has 1 aliphatic rings. The average molecular weight is 429 g/mol. The summed E-state index contributed by atoms with van der Waals surface area (Å²) in [6, 6.07) is 12.2. The van der Waals surface area contributed by atoms with E-state index in [1.807, 2.05) is 29.4 Å². The first kappa shape index (κ1) is 22.0. The van der Waals surface area contributed by atoms with Crippen molar-refractivity contribution < 1.29 is 14.3 Å². The minimum atomic E-state index is -0.534. The van der Waals surface area contributed by atoms with Gasteiger partial charge in [-0.1, -0.05) is 6.07 Å². The van der Waals surface area contributed by atoms with E-state index in [0.29, 0.717) is 30.8 Å². The van der Waals surface area contributed by atoms with Crippen LogP contribution >= 0.6 is 11.8 Å². The second-order valence-corrected chi connectivity index (χ2v) is 8.02. The van der Waals surface area contributed by atoms with Crippen LogP contribution in [0, 0.1) is 0 Å². The maximum Gasteiger partial charge on any atom is 0.251 e. The van der Waals surface area contributed by atoms with Crippen molar-refractivity contribution in [3.05, 3.63) is 54.2 Å². The normalized spacial score (nSPS) is 14.9. The van der Waals surface area contributed by atoms with Crippen molar-refractivity contribution in [1.82, 2.24) is 15.2 Å². The highest BCUT2D eigenvalue weighted by atomic mass is 32.2. The van der Waals surface area contributed by atoms with Crippen molar-refractivity contribution in [2.75, 3.05) is 50.2 Å². The van der Waals surface area contributed by atoms with E-state index in [1.54, 1.807) is 49.3 Å². The fourth-order valence-electron chi connectivity index (χ4n) is 3.39. The van der Waals surface area contributed by atoms with E-state index >= 15 is 0 Å². The molecule has 8 heteroatoms. The number of benzene rings is 1. The topological polar surface area (TPSA) is 74.8 Å². The molecule has 30 heavy (non-hydrogen) atoms. The van der Waals surface area contributed by atoms with Gasteiger partial charge in [-0.25, -0.2) is 4.98 Å². The highest BCUT2D eigenvalue weighted by molar-refractivity contribution is 7.98. The van der Waals surface area contributed by atoms with Crippen molar-refractivity contribution >= 4 is 29.4 Å². The number of nitrogens with zero attached hydrogens (tertiary/aromatic N) is 3. The minimum Gasteiger partial charge on any atom is -0.497 e. The number of rotatable bonds is 8. The van der Waals surface area contributed by atoms with Gasteiger partial charge in [-0.3, -0.25) is 9.59 Å². The number of hydrogen-bond acceptors (Lipinski definition) is 6. The predicted molar refractivity (Wildman–Crippen MR) is 120 cm³/mol. The molecule has 2 heterocycles. The Morgan fingerprint density at radius 3 is 2.47 bits per heavy atom. The molecule has 0 bridgehead atoms. The molecule has 0 aliphatic carbocycles. The molecule has 0 saturated carbocycles. The predicted octanol–water partition coefficient (Wildman–Crippen LogP) is 2.29. The van der Waals surface area contributed by atoms with Gasteiger partial charge in [-0.15, -0.1) is 0 Å². The number of amides is 2. The summed E-state index contributed by atoms with van der Waals surface area (Å²) in [6.07, 6.45) is 4.38. The largest absolute Gasteiger partial charge is 0.497 e. The lowest BCUT2D eigenvalue weighted by Crippen LogP contribution is -2.55. The zero-order valence-electron chi connectivity index (χ0n) is 17.4. The first-order valence-corrected chi connectivity index (χ1v) is 11.4. The number of anilines is 1. The fraction of sp³-hybridized carbons (Fsp3) is 0.409. The van der Waals surface area contributed by atoms with Gasteiger partial charge in [-0.05, 0) is 54.8 Å². The molecule has 160 valence electrons. The monoisotopic (exact) mass is 428 g/mol. The Balaban J connectivity index is 1.61. The van der Waals surface area contributed by atoms with Gasteiger partial charge in [0.15, 0.2) is 0 Å². The van der Waals surface area contributed by atoms with Gasteiger partial charge in [0.2, 0.25) is 5.91 Å². The summed E-state index contributed by atoms with van der Waals surface area (Å²) in [6.45, 7) is 2.68. The van der Waals surface area contributed by atoms with Crippen LogP contribution in [0.4, 0.5) is 5.82 Å². The second kappa shape index (κ2) is 10.9. The number of aromatic nitrogens is 1. The molecule has 2 aromatic rings. The number of carbonyl (C=O) groups excluding carboxylic acids is 2. The SMILES string of the molecule is COc1ccc(C(=O)N[C@@H](CCSC)C(=O)N2CCN(c3ccccn3)CC2)cc1. The lowest BCUT2D eigenvalue weighted by molar-refractivity contribution is -0.133. The van der Waals surface area contributed by atoms with E-state index in [2.05, 4.69) is 15.2 Å². The van der Waals surface area contributed by atoms with Gasteiger partial charge >= 0.3 is 0 Å². The van der Waals surface area contributed by atoms with Crippen LogP contribution in [0.5, 0.6) is 5.75 Å². The second-order valence-electron chi connectivity index (χ2n) is 7.04. The average Bonchev–Trinajstić information content (AvgIpc) is 2.82. The highest BCUT2D eigenvalue weighted by Crippen LogP contribution is 2.15. The Labute approximate surface area is 181 Å². The third-order valence-electron chi connectivity index (χ3n) is 5.13. The molecule has 0 unspecified atom stereocenters. The molecule has 1 aromatic heterocycles. The van der Waals surface area contributed by atoms with Crippen LogP contribution in [0.3, 0.4) is 0 Å². The van der Waals surface area contributed by atoms with Gasteiger partial charge in [0.05, 0.1) is 7.11 Å². The highest BCUT2D eigenvalue weighted by Gasteiger charge is 2.29. The van der Waals surface area contributed by atoms with Crippen molar-refractivity contribution in [3.63, 3.8) is 0 Å². The standard InChI is InChI=1S/C22H28N4O3S/c1-29-18-8-6-17(7-9-18)21(27)24-19(10-16-30-2)22(28)26-14-12-25(13-15-26)20-5-3-4-11-23-20/h3-9,11,19H,10,12-16H2,1-2H3,(H,24,27)/t19-/m0/s1. The first-order chi connectivity index (χ1) is 14.6. The zero-order chi connectivity index (χ0) is 21.3. The summed E-state index contributed by atoms with van der Waals surface area (Å²) in [5, 5.41) is 2.94. The Morgan fingerprint density at radius 1 is 1.13 bits per heavy atom. The molecule has 0 radical (unpaired) electrons. The van der Waals surface area contributed by atoms with Crippen LogP contribution in [-0.2, 0) is 4.79 Å². The minimum absolute atomic E-state index is 0.0217. The Morgan fingerprint density at radius 2 is 1.87 bits per heavy atom. The molecule has 1 aromatic carbocycles. The molecular formula is C22H28N4O3S. The van der Waals surface area contributed by atoms with E-state index in [4.69, 9.17) is 4.74 Å².